The third kappa shape index (κ3) is 6.04. The van der Waals surface area contributed by atoms with Gasteiger partial charge in [-0.1, -0.05) is 24.3 Å². The molecule has 2 aromatic carbocycles. The Bertz CT molecular complexity index is 1240. The first kappa shape index (κ1) is 26.5. The molecule has 1 amide bonds. The molecule has 1 saturated heterocycles. The number of nitrogens with zero attached hydrogens (tertiary/aromatic N) is 3. The van der Waals surface area contributed by atoms with Crippen molar-refractivity contribution in [2.45, 2.75) is 37.7 Å². The number of hydrogen-bond acceptors (Lipinski definition) is 4. The minimum Gasteiger partial charge on any atom is -0.435 e. The van der Waals surface area contributed by atoms with Crippen molar-refractivity contribution >= 4 is 11.6 Å². The van der Waals surface area contributed by atoms with Crippen LogP contribution < -0.4 is 9.64 Å². The van der Waals surface area contributed by atoms with Gasteiger partial charge in [-0.05, 0) is 55.9 Å². The van der Waals surface area contributed by atoms with E-state index in [4.69, 9.17) is 0 Å². The van der Waals surface area contributed by atoms with Crippen LogP contribution in [0.1, 0.15) is 29.4 Å². The second-order valence-corrected chi connectivity index (χ2v) is 8.61. The van der Waals surface area contributed by atoms with Gasteiger partial charge in [0, 0.05) is 29.9 Å². The smallest absolute Gasteiger partial charge is 0.433 e. The number of carbonyl (C=O) groups excluding carboxylic acids is 1. The zero-order valence-corrected chi connectivity index (χ0v) is 19.6. The number of pyridine rings is 1. The molecule has 0 saturated carbocycles. The minimum atomic E-state index is -4.56. The van der Waals surface area contributed by atoms with Gasteiger partial charge in [0.2, 0.25) is 5.91 Å². The van der Waals surface area contributed by atoms with Crippen LogP contribution in [0.15, 0.2) is 66.7 Å². The molecule has 0 bridgehead atoms. The van der Waals surface area contributed by atoms with Crippen LogP contribution in [0.2, 0.25) is 0 Å². The monoisotopic (exact) mass is 523 g/mol. The highest BCUT2D eigenvalue weighted by molar-refractivity contribution is 6.00. The number of likely N-dealkylation sites (N-methyl/N-ethyl adjacent to an activating group) is 1. The van der Waals surface area contributed by atoms with Gasteiger partial charge in [-0.2, -0.15) is 22.0 Å². The molecule has 0 spiro atoms. The number of alkyl halides is 5. The van der Waals surface area contributed by atoms with Gasteiger partial charge in [-0.15, -0.1) is 0 Å². The predicted octanol–water partition coefficient (Wildman–Crippen LogP) is 5.86. The number of halogens is 6. The maximum Gasteiger partial charge on any atom is 0.433 e. The quantitative estimate of drug-likeness (QED) is 0.347. The summed E-state index contributed by atoms with van der Waals surface area (Å²) in [6.07, 6.45) is -4.19. The SMILES string of the molecule is CN(CCc1cccc(C(F)(F)F)n1)[C@H]1C[C@@H](c2ccccc2F)N(c2ccc(OC(F)F)cc2)C1=O. The molecule has 0 unspecified atom stereocenters. The van der Waals surface area contributed by atoms with Gasteiger partial charge < -0.3 is 9.64 Å². The lowest BCUT2D eigenvalue weighted by atomic mass is 10.0. The Balaban J connectivity index is 1.57. The third-order valence-corrected chi connectivity index (χ3v) is 6.23. The second kappa shape index (κ2) is 10.8. The Hall–Kier alpha value is -3.60. The largest absolute Gasteiger partial charge is 0.435 e. The first-order valence-electron chi connectivity index (χ1n) is 11.4. The highest BCUT2D eigenvalue weighted by atomic mass is 19.4. The fourth-order valence-corrected chi connectivity index (χ4v) is 4.43. The van der Waals surface area contributed by atoms with Crippen LogP contribution in [0.4, 0.5) is 32.0 Å². The van der Waals surface area contributed by atoms with Crippen LogP contribution in [0.5, 0.6) is 5.75 Å². The van der Waals surface area contributed by atoms with E-state index < -0.39 is 36.4 Å². The molecule has 11 heteroatoms. The van der Waals surface area contributed by atoms with Crippen molar-refractivity contribution in [2.75, 3.05) is 18.5 Å². The summed E-state index contributed by atoms with van der Waals surface area (Å²) < 4.78 is 83.2. The molecule has 3 aromatic rings. The van der Waals surface area contributed by atoms with Crippen LogP contribution in [0.25, 0.3) is 0 Å². The summed E-state index contributed by atoms with van der Waals surface area (Å²) in [5.41, 5.74) is -0.103. The molecule has 5 nitrogen and oxygen atoms in total. The maximum atomic E-state index is 14.7. The third-order valence-electron chi connectivity index (χ3n) is 6.23. The van der Waals surface area contributed by atoms with Gasteiger partial charge in [0.25, 0.3) is 0 Å². The standard InChI is InChI=1S/C26H23F6N3O2/c1-34(14-13-16-5-4-8-23(33-16)26(30,31)32)22-15-21(19-6-2-3-7-20(19)27)35(24(22)36)17-9-11-18(12-10-17)37-25(28)29/h2-12,21-22,25H,13-15H2,1H3/t21-,22-/m0/s1. The Morgan fingerprint density at radius 2 is 1.76 bits per heavy atom. The summed E-state index contributed by atoms with van der Waals surface area (Å²) in [5, 5.41) is 0. The Morgan fingerprint density at radius 1 is 1.05 bits per heavy atom. The molecule has 1 aliphatic heterocycles. The average molecular weight is 523 g/mol. The molecule has 0 aliphatic carbocycles. The molecule has 0 radical (unpaired) electrons. The van der Waals surface area contributed by atoms with Crippen molar-refractivity contribution in [2.24, 2.45) is 0 Å². The van der Waals surface area contributed by atoms with Gasteiger partial charge >= 0.3 is 12.8 Å². The van der Waals surface area contributed by atoms with E-state index in [9.17, 15) is 31.1 Å². The molecule has 4 rings (SSSR count). The summed E-state index contributed by atoms with van der Waals surface area (Å²) in [6.45, 7) is -2.78. The van der Waals surface area contributed by atoms with Crippen molar-refractivity contribution in [1.82, 2.24) is 9.88 Å². The topological polar surface area (TPSA) is 45.7 Å². The zero-order chi connectivity index (χ0) is 26.7. The van der Waals surface area contributed by atoms with Gasteiger partial charge in [-0.25, -0.2) is 9.37 Å². The molecule has 1 fully saturated rings. The number of anilines is 1. The first-order chi connectivity index (χ1) is 17.5. The summed E-state index contributed by atoms with van der Waals surface area (Å²) in [5.74, 6) is -0.940. The van der Waals surface area contributed by atoms with E-state index in [2.05, 4.69) is 9.72 Å². The lowest BCUT2D eigenvalue weighted by Gasteiger charge is -2.26. The molecule has 2 atom stereocenters. The van der Waals surface area contributed by atoms with Crippen molar-refractivity contribution < 1.29 is 35.9 Å². The number of hydrogen-bond donors (Lipinski definition) is 0. The van der Waals surface area contributed by atoms with E-state index in [1.165, 1.54) is 53.4 Å². The lowest BCUT2D eigenvalue weighted by molar-refractivity contribution is -0.141. The first-order valence-corrected chi connectivity index (χ1v) is 11.4. The van der Waals surface area contributed by atoms with Gasteiger partial charge in [0.1, 0.15) is 17.3 Å². The van der Waals surface area contributed by atoms with Crippen molar-refractivity contribution in [1.29, 1.82) is 0 Å². The fourth-order valence-electron chi connectivity index (χ4n) is 4.43. The van der Waals surface area contributed by atoms with E-state index in [0.29, 0.717) is 11.3 Å². The normalized spacial score (nSPS) is 18.2. The summed E-state index contributed by atoms with van der Waals surface area (Å²) in [6, 6.07) is 13.8. The van der Waals surface area contributed by atoms with Crippen LogP contribution in [-0.4, -0.2) is 42.0 Å². The summed E-state index contributed by atoms with van der Waals surface area (Å²) in [7, 11) is 1.66. The number of ether oxygens (including phenoxy) is 1. The molecule has 1 aliphatic rings. The number of rotatable bonds is 8. The molecular weight excluding hydrogens is 500 g/mol. The van der Waals surface area contributed by atoms with E-state index in [0.717, 1.165) is 6.07 Å². The molecule has 1 aromatic heterocycles. The fraction of sp³-hybridized carbons (Fsp3) is 0.308. The average Bonchev–Trinajstić information content (AvgIpc) is 3.19. The second-order valence-electron chi connectivity index (χ2n) is 8.61. The Labute approximate surface area is 209 Å². The van der Waals surface area contributed by atoms with E-state index >= 15 is 0 Å². The zero-order valence-electron chi connectivity index (χ0n) is 19.6. The number of amides is 1. The van der Waals surface area contributed by atoms with Gasteiger partial charge in [0.15, 0.2) is 0 Å². The number of aromatic nitrogens is 1. The molecule has 2 heterocycles. The van der Waals surface area contributed by atoms with Crippen molar-refractivity contribution in [3.8, 4) is 5.75 Å². The van der Waals surface area contributed by atoms with Gasteiger partial charge in [-0.3, -0.25) is 9.69 Å². The number of carbonyl (C=O) groups is 1. The highest BCUT2D eigenvalue weighted by Gasteiger charge is 2.43. The van der Waals surface area contributed by atoms with Crippen LogP contribution >= 0.6 is 0 Å². The predicted molar refractivity (Wildman–Crippen MR) is 124 cm³/mol. The number of benzene rings is 2. The van der Waals surface area contributed by atoms with Crippen LogP contribution in [0.3, 0.4) is 0 Å². The molecule has 37 heavy (non-hydrogen) atoms. The Morgan fingerprint density at radius 3 is 2.41 bits per heavy atom. The Kier molecular flexibility index (Phi) is 7.72. The lowest BCUT2D eigenvalue weighted by Crippen LogP contribution is -2.40. The minimum absolute atomic E-state index is 0.0879. The van der Waals surface area contributed by atoms with Crippen LogP contribution in [0, 0.1) is 5.82 Å². The van der Waals surface area contributed by atoms with Crippen molar-refractivity contribution in [3.05, 3.63) is 89.5 Å². The molecule has 196 valence electrons. The summed E-state index contributed by atoms with van der Waals surface area (Å²) in [4.78, 5) is 20.3. The summed E-state index contributed by atoms with van der Waals surface area (Å²) >= 11 is 0. The molecular formula is C26H23F6N3O2. The van der Waals surface area contributed by atoms with Gasteiger partial charge in [0.05, 0.1) is 12.1 Å². The highest BCUT2D eigenvalue weighted by Crippen LogP contribution is 2.40. The van der Waals surface area contributed by atoms with E-state index in [1.54, 1.807) is 24.1 Å². The van der Waals surface area contributed by atoms with Crippen LogP contribution in [-0.2, 0) is 17.4 Å². The van der Waals surface area contributed by atoms with Crippen molar-refractivity contribution in [3.63, 3.8) is 0 Å². The van der Waals surface area contributed by atoms with E-state index in [1.807, 2.05) is 0 Å². The maximum absolute atomic E-state index is 14.7. The molecule has 0 N–H and O–H groups in total. The van der Waals surface area contributed by atoms with E-state index in [-0.39, 0.29) is 36.7 Å².